The van der Waals surface area contributed by atoms with Crippen LogP contribution in [-0.4, -0.2) is 22.9 Å². The lowest BCUT2D eigenvalue weighted by Gasteiger charge is -2.18. The van der Waals surface area contributed by atoms with Gasteiger partial charge in [0, 0.05) is 23.7 Å². The first-order valence-electron chi connectivity index (χ1n) is 5.23. The van der Waals surface area contributed by atoms with Crippen LogP contribution in [-0.2, 0) is 6.54 Å². The van der Waals surface area contributed by atoms with E-state index in [0.717, 1.165) is 18.7 Å². The lowest BCUT2D eigenvalue weighted by molar-refractivity contribution is -0.384. The summed E-state index contributed by atoms with van der Waals surface area (Å²) >= 11 is 6.01. The number of hydrogen-bond acceptors (Lipinski definition) is 3. The minimum absolute atomic E-state index is 0.0894. The maximum absolute atomic E-state index is 10.6. The molecule has 88 valence electrons. The molecule has 0 amide bonds. The molecular formula is C11H15ClN2O2. The zero-order chi connectivity index (χ0) is 12.1. The molecule has 0 unspecified atom stereocenters. The molecule has 4 nitrogen and oxygen atoms in total. The van der Waals surface area contributed by atoms with Crippen LogP contribution in [0.1, 0.15) is 19.4 Å². The molecule has 16 heavy (non-hydrogen) atoms. The first kappa shape index (κ1) is 12.9. The second-order valence-electron chi connectivity index (χ2n) is 3.49. The van der Waals surface area contributed by atoms with Gasteiger partial charge in [0.1, 0.15) is 0 Å². The van der Waals surface area contributed by atoms with Gasteiger partial charge in [-0.25, -0.2) is 0 Å². The number of nitro benzene ring substituents is 1. The van der Waals surface area contributed by atoms with E-state index >= 15 is 0 Å². The van der Waals surface area contributed by atoms with Gasteiger partial charge < -0.3 is 0 Å². The van der Waals surface area contributed by atoms with E-state index in [1.165, 1.54) is 6.07 Å². The summed E-state index contributed by atoms with van der Waals surface area (Å²) in [6.07, 6.45) is 0. The second kappa shape index (κ2) is 5.82. The lowest BCUT2D eigenvalue weighted by atomic mass is 10.2. The Morgan fingerprint density at radius 1 is 1.38 bits per heavy atom. The molecule has 0 N–H and O–H groups in total. The molecule has 1 rings (SSSR count). The normalized spacial score (nSPS) is 10.8. The van der Waals surface area contributed by atoms with Gasteiger partial charge >= 0.3 is 0 Å². The Balaban J connectivity index is 2.93. The fraction of sp³-hybridized carbons (Fsp3) is 0.455. The first-order chi connectivity index (χ1) is 7.58. The third kappa shape index (κ3) is 3.18. The Bertz CT molecular complexity index is 378. The molecule has 0 aliphatic heterocycles. The van der Waals surface area contributed by atoms with Gasteiger partial charge in [-0.1, -0.05) is 25.4 Å². The van der Waals surface area contributed by atoms with E-state index in [-0.39, 0.29) is 5.69 Å². The Hall–Kier alpha value is -1.13. The molecule has 0 spiro atoms. The molecule has 0 aromatic heterocycles. The van der Waals surface area contributed by atoms with Gasteiger partial charge in [0.15, 0.2) is 0 Å². The average molecular weight is 243 g/mol. The van der Waals surface area contributed by atoms with Crippen LogP contribution in [0.15, 0.2) is 18.2 Å². The fourth-order valence-corrected chi connectivity index (χ4v) is 1.66. The van der Waals surface area contributed by atoms with Crippen LogP contribution in [0.2, 0.25) is 5.02 Å². The standard InChI is InChI=1S/C11H15ClN2O2/c1-3-13(4-2)8-9-7-10(14(15)16)5-6-11(9)12/h5-7H,3-4,8H2,1-2H3. The zero-order valence-electron chi connectivity index (χ0n) is 9.44. The van der Waals surface area contributed by atoms with Gasteiger partial charge in [-0.3, -0.25) is 15.0 Å². The van der Waals surface area contributed by atoms with E-state index in [1.807, 2.05) is 0 Å². The Labute approximate surface area is 100.0 Å². The third-order valence-electron chi connectivity index (χ3n) is 2.53. The van der Waals surface area contributed by atoms with Crippen molar-refractivity contribution in [1.29, 1.82) is 0 Å². The van der Waals surface area contributed by atoms with Gasteiger partial charge in [0.05, 0.1) is 4.92 Å². The van der Waals surface area contributed by atoms with Crippen LogP contribution in [0.25, 0.3) is 0 Å². The van der Waals surface area contributed by atoms with E-state index in [4.69, 9.17) is 11.6 Å². The zero-order valence-corrected chi connectivity index (χ0v) is 10.2. The summed E-state index contributed by atoms with van der Waals surface area (Å²) < 4.78 is 0. The molecule has 0 atom stereocenters. The van der Waals surface area contributed by atoms with E-state index in [9.17, 15) is 10.1 Å². The summed E-state index contributed by atoms with van der Waals surface area (Å²) in [4.78, 5) is 12.4. The number of halogens is 1. The molecule has 1 aromatic rings. The Morgan fingerprint density at radius 3 is 2.50 bits per heavy atom. The highest BCUT2D eigenvalue weighted by Gasteiger charge is 2.11. The van der Waals surface area contributed by atoms with Gasteiger partial charge in [0.25, 0.3) is 5.69 Å². The number of rotatable bonds is 5. The lowest BCUT2D eigenvalue weighted by Crippen LogP contribution is -2.22. The molecule has 0 bridgehead atoms. The molecule has 0 fully saturated rings. The maximum atomic E-state index is 10.6. The fourth-order valence-electron chi connectivity index (χ4n) is 1.48. The van der Waals surface area contributed by atoms with E-state index < -0.39 is 4.92 Å². The molecule has 0 radical (unpaired) electrons. The minimum Gasteiger partial charge on any atom is -0.300 e. The van der Waals surface area contributed by atoms with Crippen LogP contribution < -0.4 is 0 Å². The summed E-state index contributed by atoms with van der Waals surface area (Å²) in [5.74, 6) is 0. The molecule has 0 saturated carbocycles. The van der Waals surface area contributed by atoms with E-state index in [2.05, 4.69) is 18.7 Å². The van der Waals surface area contributed by atoms with E-state index in [0.29, 0.717) is 11.6 Å². The van der Waals surface area contributed by atoms with Crippen molar-refractivity contribution in [3.05, 3.63) is 38.9 Å². The van der Waals surface area contributed by atoms with E-state index in [1.54, 1.807) is 12.1 Å². The van der Waals surface area contributed by atoms with Crippen molar-refractivity contribution in [2.75, 3.05) is 13.1 Å². The predicted octanol–water partition coefficient (Wildman–Crippen LogP) is 3.09. The topological polar surface area (TPSA) is 46.4 Å². The van der Waals surface area contributed by atoms with Crippen LogP contribution in [0.4, 0.5) is 5.69 Å². The largest absolute Gasteiger partial charge is 0.300 e. The Morgan fingerprint density at radius 2 is 2.00 bits per heavy atom. The molecule has 0 heterocycles. The minimum atomic E-state index is -0.401. The number of hydrogen-bond donors (Lipinski definition) is 0. The first-order valence-corrected chi connectivity index (χ1v) is 5.61. The second-order valence-corrected chi connectivity index (χ2v) is 3.90. The highest BCUT2D eigenvalue weighted by Crippen LogP contribution is 2.23. The van der Waals surface area contributed by atoms with Crippen molar-refractivity contribution in [1.82, 2.24) is 4.90 Å². The quantitative estimate of drug-likeness (QED) is 0.589. The summed E-state index contributed by atoms with van der Waals surface area (Å²) in [7, 11) is 0. The van der Waals surface area contributed by atoms with Crippen molar-refractivity contribution in [2.24, 2.45) is 0 Å². The van der Waals surface area contributed by atoms with Crippen LogP contribution in [0, 0.1) is 10.1 Å². The molecule has 5 heteroatoms. The monoisotopic (exact) mass is 242 g/mol. The van der Waals surface area contributed by atoms with Crippen LogP contribution in [0.3, 0.4) is 0 Å². The Kier molecular flexibility index (Phi) is 4.71. The molecule has 1 aromatic carbocycles. The molecular weight excluding hydrogens is 228 g/mol. The summed E-state index contributed by atoms with van der Waals surface area (Å²) in [5, 5.41) is 11.2. The van der Waals surface area contributed by atoms with Crippen LogP contribution in [0.5, 0.6) is 0 Å². The third-order valence-corrected chi connectivity index (χ3v) is 2.90. The van der Waals surface area contributed by atoms with Crippen molar-refractivity contribution < 1.29 is 4.92 Å². The summed E-state index contributed by atoms with van der Waals surface area (Å²) in [6.45, 7) is 6.54. The van der Waals surface area contributed by atoms with Gasteiger partial charge in [-0.05, 0) is 24.7 Å². The van der Waals surface area contributed by atoms with Crippen molar-refractivity contribution >= 4 is 17.3 Å². The molecule has 0 saturated heterocycles. The number of non-ortho nitro benzene ring substituents is 1. The number of nitro groups is 1. The highest BCUT2D eigenvalue weighted by atomic mass is 35.5. The average Bonchev–Trinajstić information content (AvgIpc) is 2.27. The molecule has 0 aliphatic rings. The number of nitrogens with zero attached hydrogens (tertiary/aromatic N) is 2. The van der Waals surface area contributed by atoms with Crippen LogP contribution >= 0.6 is 11.6 Å². The van der Waals surface area contributed by atoms with Crippen molar-refractivity contribution in [3.63, 3.8) is 0 Å². The van der Waals surface area contributed by atoms with Crippen molar-refractivity contribution in [2.45, 2.75) is 20.4 Å². The predicted molar refractivity (Wildman–Crippen MR) is 64.7 cm³/mol. The maximum Gasteiger partial charge on any atom is 0.269 e. The molecule has 0 aliphatic carbocycles. The van der Waals surface area contributed by atoms with Gasteiger partial charge in [0.2, 0.25) is 0 Å². The van der Waals surface area contributed by atoms with Gasteiger partial charge in [-0.15, -0.1) is 0 Å². The van der Waals surface area contributed by atoms with Crippen molar-refractivity contribution in [3.8, 4) is 0 Å². The summed E-state index contributed by atoms with van der Waals surface area (Å²) in [5.41, 5.74) is 0.895. The smallest absolute Gasteiger partial charge is 0.269 e. The number of benzene rings is 1. The SMILES string of the molecule is CCN(CC)Cc1cc([N+](=O)[O-])ccc1Cl. The highest BCUT2D eigenvalue weighted by molar-refractivity contribution is 6.31. The summed E-state index contributed by atoms with van der Waals surface area (Å²) in [6, 6.07) is 4.55. The van der Waals surface area contributed by atoms with Gasteiger partial charge in [-0.2, -0.15) is 0 Å².